The Morgan fingerprint density at radius 2 is 2.16 bits per heavy atom. The summed E-state index contributed by atoms with van der Waals surface area (Å²) >= 11 is 0. The van der Waals surface area contributed by atoms with E-state index in [2.05, 4.69) is 5.32 Å². The van der Waals surface area contributed by atoms with Crippen LogP contribution in [0.5, 0.6) is 0 Å². The van der Waals surface area contributed by atoms with Gasteiger partial charge in [0.15, 0.2) is 0 Å². The molecule has 0 fully saturated rings. The van der Waals surface area contributed by atoms with Gasteiger partial charge in [0.2, 0.25) is 5.76 Å². The molecule has 19 heavy (non-hydrogen) atoms. The third-order valence-corrected chi connectivity index (χ3v) is 2.40. The fourth-order valence-electron chi connectivity index (χ4n) is 1.51. The van der Waals surface area contributed by atoms with Crippen LogP contribution in [0.15, 0.2) is 40.8 Å². The lowest BCUT2D eigenvalue weighted by molar-refractivity contribution is -0.384. The Hall–Kier alpha value is -2.83. The SMILES string of the molecule is O=C(O)c1ccc(CNc2cccc([N+](=O)[O-])c2)o1. The zero-order valence-corrected chi connectivity index (χ0v) is 9.70. The Bertz CT molecular complexity index is 620. The van der Waals surface area contributed by atoms with Gasteiger partial charge in [-0.05, 0) is 18.2 Å². The van der Waals surface area contributed by atoms with Gasteiger partial charge in [-0.2, -0.15) is 0 Å². The van der Waals surface area contributed by atoms with Crippen LogP contribution in [0, 0.1) is 10.1 Å². The van der Waals surface area contributed by atoms with Crippen molar-refractivity contribution in [3.8, 4) is 0 Å². The van der Waals surface area contributed by atoms with Crippen LogP contribution >= 0.6 is 0 Å². The number of carbonyl (C=O) groups is 1. The molecule has 1 aromatic heterocycles. The van der Waals surface area contributed by atoms with Crippen molar-refractivity contribution in [2.75, 3.05) is 5.32 Å². The quantitative estimate of drug-likeness (QED) is 0.633. The monoisotopic (exact) mass is 262 g/mol. The summed E-state index contributed by atoms with van der Waals surface area (Å²) in [7, 11) is 0. The summed E-state index contributed by atoms with van der Waals surface area (Å²) in [6.45, 7) is 0.244. The molecular weight excluding hydrogens is 252 g/mol. The number of carboxylic acids is 1. The summed E-state index contributed by atoms with van der Waals surface area (Å²) < 4.78 is 5.05. The average Bonchev–Trinajstić information content (AvgIpc) is 2.85. The minimum Gasteiger partial charge on any atom is -0.475 e. The second kappa shape index (κ2) is 5.21. The van der Waals surface area contributed by atoms with Gasteiger partial charge in [-0.3, -0.25) is 10.1 Å². The first-order valence-corrected chi connectivity index (χ1v) is 5.36. The van der Waals surface area contributed by atoms with Gasteiger partial charge >= 0.3 is 5.97 Å². The highest BCUT2D eigenvalue weighted by molar-refractivity contribution is 5.84. The van der Waals surface area contributed by atoms with E-state index in [1.165, 1.54) is 24.3 Å². The van der Waals surface area contributed by atoms with Crippen molar-refractivity contribution >= 4 is 17.3 Å². The molecule has 7 heteroatoms. The Morgan fingerprint density at radius 3 is 2.79 bits per heavy atom. The summed E-state index contributed by atoms with van der Waals surface area (Å²) in [6.07, 6.45) is 0. The molecule has 0 atom stereocenters. The van der Waals surface area contributed by atoms with Crippen molar-refractivity contribution in [1.82, 2.24) is 0 Å². The first-order valence-electron chi connectivity index (χ1n) is 5.36. The van der Waals surface area contributed by atoms with Crippen LogP contribution in [-0.2, 0) is 6.54 Å². The van der Waals surface area contributed by atoms with E-state index >= 15 is 0 Å². The average molecular weight is 262 g/mol. The number of nitrogens with one attached hydrogen (secondary N) is 1. The van der Waals surface area contributed by atoms with Gasteiger partial charge in [0.1, 0.15) is 5.76 Å². The molecule has 0 spiro atoms. The fraction of sp³-hybridized carbons (Fsp3) is 0.0833. The van der Waals surface area contributed by atoms with E-state index in [9.17, 15) is 14.9 Å². The van der Waals surface area contributed by atoms with E-state index in [0.717, 1.165) is 0 Å². The molecule has 0 amide bonds. The molecule has 0 saturated carbocycles. The van der Waals surface area contributed by atoms with Crippen molar-refractivity contribution in [2.24, 2.45) is 0 Å². The molecule has 0 unspecified atom stereocenters. The number of nitro benzene ring substituents is 1. The van der Waals surface area contributed by atoms with E-state index < -0.39 is 10.9 Å². The molecule has 1 aromatic carbocycles. The van der Waals surface area contributed by atoms with Gasteiger partial charge in [0.25, 0.3) is 5.69 Å². The third-order valence-electron chi connectivity index (χ3n) is 2.40. The van der Waals surface area contributed by atoms with Crippen LogP contribution in [-0.4, -0.2) is 16.0 Å². The zero-order valence-electron chi connectivity index (χ0n) is 9.70. The molecular formula is C12H10N2O5. The van der Waals surface area contributed by atoms with Crippen molar-refractivity contribution in [3.05, 3.63) is 58.0 Å². The van der Waals surface area contributed by atoms with Crippen molar-refractivity contribution in [1.29, 1.82) is 0 Å². The summed E-state index contributed by atoms with van der Waals surface area (Å²) in [6, 6.07) is 8.90. The first-order chi connectivity index (χ1) is 9.06. The number of rotatable bonds is 5. The van der Waals surface area contributed by atoms with Gasteiger partial charge in [-0.15, -0.1) is 0 Å². The lowest BCUT2D eigenvalue weighted by Gasteiger charge is -2.03. The van der Waals surface area contributed by atoms with Crippen LogP contribution in [0.3, 0.4) is 0 Å². The lowest BCUT2D eigenvalue weighted by Crippen LogP contribution is -1.99. The van der Waals surface area contributed by atoms with E-state index in [1.54, 1.807) is 12.1 Å². The van der Waals surface area contributed by atoms with Crippen LogP contribution < -0.4 is 5.32 Å². The van der Waals surface area contributed by atoms with E-state index in [4.69, 9.17) is 9.52 Å². The first kappa shape index (κ1) is 12.6. The highest BCUT2D eigenvalue weighted by Crippen LogP contribution is 2.18. The minimum absolute atomic E-state index is 0.0179. The molecule has 2 rings (SSSR count). The Balaban J connectivity index is 2.03. The van der Waals surface area contributed by atoms with Gasteiger partial charge < -0.3 is 14.8 Å². The molecule has 0 aliphatic carbocycles. The van der Waals surface area contributed by atoms with Gasteiger partial charge in [-0.1, -0.05) is 6.07 Å². The number of aromatic carboxylic acids is 1. The van der Waals surface area contributed by atoms with E-state index in [-0.39, 0.29) is 18.0 Å². The fourth-order valence-corrected chi connectivity index (χ4v) is 1.51. The summed E-state index contributed by atoms with van der Waals surface area (Å²) in [4.78, 5) is 20.7. The number of hydrogen-bond acceptors (Lipinski definition) is 5. The van der Waals surface area contributed by atoms with Crippen molar-refractivity contribution < 1.29 is 19.2 Å². The summed E-state index contributed by atoms with van der Waals surface area (Å²) in [5.41, 5.74) is 0.540. The van der Waals surface area contributed by atoms with Gasteiger partial charge in [-0.25, -0.2) is 4.79 Å². The molecule has 7 nitrogen and oxygen atoms in total. The number of benzene rings is 1. The predicted molar refractivity (Wildman–Crippen MR) is 66.1 cm³/mol. The standard InChI is InChI=1S/C12H10N2O5/c15-12(16)11-5-4-10(19-11)7-13-8-2-1-3-9(6-8)14(17)18/h1-6,13H,7H2,(H,15,16). The maximum absolute atomic E-state index is 10.6. The molecule has 0 bridgehead atoms. The molecule has 98 valence electrons. The van der Waals surface area contributed by atoms with E-state index in [1.807, 2.05) is 0 Å². The number of furan rings is 1. The number of carboxylic acid groups (broad SMARTS) is 1. The summed E-state index contributed by atoms with van der Waals surface area (Å²) in [5.74, 6) is -0.846. The largest absolute Gasteiger partial charge is 0.475 e. The van der Waals surface area contributed by atoms with Gasteiger partial charge in [0.05, 0.1) is 11.5 Å². The second-order valence-corrected chi connectivity index (χ2v) is 3.73. The number of non-ortho nitro benzene ring substituents is 1. The number of nitrogens with zero attached hydrogens (tertiary/aromatic N) is 1. The maximum atomic E-state index is 10.6. The Kier molecular flexibility index (Phi) is 3.46. The molecule has 2 aromatic rings. The molecule has 0 saturated heterocycles. The Morgan fingerprint density at radius 1 is 1.37 bits per heavy atom. The van der Waals surface area contributed by atoms with Crippen LogP contribution in [0.1, 0.15) is 16.3 Å². The van der Waals surface area contributed by atoms with E-state index in [0.29, 0.717) is 11.4 Å². The minimum atomic E-state index is -1.14. The lowest BCUT2D eigenvalue weighted by atomic mass is 10.3. The van der Waals surface area contributed by atoms with Crippen molar-refractivity contribution in [3.63, 3.8) is 0 Å². The molecule has 0 aliphatic rings. The normalized spacial score (nSPS) is 10.1. The topological polar surface area (TPSA) is 106 Å². The van der Waals surface area contributed by atoms with Crippen LogP contribution in [0.4, 0.5) is 11.4 Å². The molecule has 2 N–H and O–H groups in total. The highest BCUT2D eigenvalue weighted by atomic mass is 16.6. The highest BCUT2D eigenvalue weighted by Gasteiger charge is 2.09. The second-order valence-electron chi connectivity index (χ2n) is 3.73. The predicted octanol–water partition coefficient (Wildman–Crippen LogP) is 2.50. The molecule has 1 heterocycles. The summed E-state index contributed by atoms with van der Waals surface area (Å²) in [5, 5.41) is 22.2. The van der Waals surface area contributed by atoms with Crippen molar-refractivity contribution in [2.45, 2.75) is 6.54 Å². The van der Waals surface area contributed by atoms with Crippen LogP contribution in [0.2, 0.25) is 0 Å². The molecule has 0 aliphatic heterocycles. The maximum Gasteiger partial charge on any atom is 0.371 e. The number of nitro groups is 1. The number of anilines is 1. The smallest absolute Gasteiger partial charge is 0.371 e. The molecule has 0 radical (unpaired) electrons. The van der Waals surface area contributed by atoms with Crippen LogP contribution in [0.25, 0.3) is 0 Å². The number of hydrogen-bond donors (Lipinski definition) is 2. The zero-order chi connectivity index (χ0) is 13.8. The van der Waals surface area contributed by atoms with Gasteiger partial charge in [0, 0.05) is 17.8 Å². The Labute approximate surface area is 107 Å². The third kappa shape index (κ3) is 3.09.